The van der Waals surface area contributed by atoms with Gasteiger partial charge in [-0.05, 0) is 60.7 Å². The monoisotopic (exact) mass is 542 g/mol. The number of halogens is 1. The molecule has 35 heavy (non-hydrogen) atoms. The van der Waals surface area contributed by atoms with Crippen LogP contribution in [-0.4, -0.2) is 46.0 Å². The lowest BCUT2D eigenvalue weighted by Gasteiger charge is -2.11. The molecule has 0 radical (unpaired) electrons. The van der Waals surface area contributed by atoms with E-state index >= 15 is 0 Å². The summed E-state index contributed by atoms with van der Waals surface area (Å²) in [6, 6.07) is 16.6. The van der Waals surface area contributed by atoms with Crippen LogP contribution in [0.5, 0.6) is 28.7 Å². The molecule has 0 bridgehead atoms. The van der Waals surface area contributed by atoms with E-state index < -0.39 is 11.9 Å². The van der Waals surface area contributed by atoms with E-state index in [0.29, 0.717) is 28.6 Å². The average molecular weight is 543 g/mol. The lowest BCUT2D eigenvalue weighted by Crippen LogP contribution is -2.24. The van der Waals surface area contributed by atoms with Gasteiger partial charge >= 0.3 is 5.97 Å². The third-order valence-corrected chi connectivity index (χ3v) is 5.11. The fourth-order valence-corrected chi connectivity index (χ4v) is 3.24. The summed E-state index contributed by atoms with van der Waals surface area (Å²) < 4.78 is 27.2. The first-order valence-corrected chi connectivity index (χ1v) is 11.0. The summed E-state index contributed by atoms with van der Waals surface area (Å²) >= 11 is 3.38. The topological polar surface area (TPSA) is 105 Å². The number of rotatable bonds is 10. The number of hydrogen-bond donors (Lipinski definition) is 1. The molecule has 9 nitrogen and oxygen atoms in total. The van der Waals surface area contributed by atoms with Gasteiger partial charge in [-0.2, -0.15) is 5.10 Å². The highest BCUT2D eigenvalue weighted by molar-refractivity contribution is 9.10. The molecule has 10 heteroatoms. The summed E-state index contributed by atoms with van der Waals surface area (Å²) in [6.07, 6.45) is 1.37. The van der Waals surface area contributed by atoms with Gasteiger partial charge in [0.1, 0.15) is 17.2 Å². The zero-order valence-corrected chi connectivity index (χ0v) is 20.8. The van der Waals surface area contributed by atoms with Crippen molar-refractivity contribution in [2.24, 2.45) is 5.10 Å². The third kappa shape index (κ3) is 7.21. The SMILES string of the molecule is COc1ccc(OCC(=O)N/N=C/c2cc(Br)ccc2OC(=O)c2ccc(OC)c(OC)c2)cc1. The van der Waals surface area contributed by atoms with Gasteiger partial charge in [0.05, 0.1) is 33.1 Å². The van der Waals surface area contributed by atoms with Crippen LogP contribution in [-0.2, 0) is 4.79 Å². The zero-order chi connectivity index (χ0) is 25.2. The fraction of sp³-hybridized carbons (Fsp3) is 0.160. The molecule has 3 rings (SSSR count). The molecule has 0 heterocycles. The Morgan fingerprint density at radius 2 is 1.54 bits per heavy atom. The maximum absolute atomic E-state index is 12.7. The molecule has 0 atom stereocenters. The first kappa shape index (κ1) is 25.6. The number of carbonyl (C=O) groups excluding carboxylic acids is 2. The lowest BCUT2D eigenvalue weighted by atomic mass is 10.2. The second kappa shape index (κ2) is 12.4. The Bertz CT molecular complexity index is 1210. The third-order valence-electron chi connectivity index (χ3n) is 4.62. The summed E-state index contributed by atoms with van der Waals surface area (Å²) in [5.41, 5.74) is 3.12. The Balaban J connectivity index is 1.63. The molecule has 1 amide bonds. The Morgan fingerprint density at radius 1 is 0.857 bits per heavy atom. The van der Waals surface area contributed by atoms with Crippen molar-refractivity contribution in [3.8, 4) is 28.7 Å². The molecule has 1 N–H and O–H groups in total. The van der Waals surface area contributed by atoms with Crippen molar-refractivity contribution in [1.29, 1.82) is 0 Å². The molecule has 0 aliphatic carbocycles. The fourth-order valence-electron chi connectivity index (χ4n) is 2.86. The predicted molar refractivity (Wildman–Crippen MR) is 133 cm³/mol. The molecule has 0 saturated heterocycles. The van der Waals surface area contributed by atoms with E-state index in [4.69, 9.17) is 23.7 Å². The Kier molecular flexibility index (Phi) is 9.08. The smallest absolute Gasteiger partial charge is 0.343 e. The molecule has 0 unspecified atom stereocenters. The quantitative estimate of drug-likeness (QED) is 0.177. The van der Waals surface area contributed by atoms with Crippen molar-refractivity contribution in [1.82, 2.24) is 5.43 Å². The van der Waals surface area contributed by atoms with Crippen LogP contribution in [0.1, 0.15) is 15.9 Å². The highest BCUT2D eigenvalue weighted by Gasteiger charge is 2.15. The highest BCUT2D eigenvalue weighted by Crippen LogP contribution is 2.29. The lowest BCUT2D eigenvalue weighted by molar-refractivity contribution is -0.123. The van der Waals surface area contributed by atoms with E-state index in [-0.39, 0.29) is 17.9 Å². The summed E-state index contributed by atoms with van der Waals surface area (Å²) in [7, 11) is 4.55. The number of hydrogen-bond acceptors (Lipinski definition) is 8. The second-order valence-electron chi connectivity index (χ2n) is 6.90. The first-order chi connectivity index (χ1) is 16.9. The number of esters is 1. The van der Waals surface area contributed by atoms with Crippen molar-refractivity contribution < 1.29 is 33.3 Å². The van der Waals surface area contributed by atoms with Crippen molar-refractivity contribution in [3.05, 3.63) is 76.3 Å². The largest absolute Gasteiger partial charge is 0.497 e. The zero-order valence-electron chi connectivity index (χ0n) is 19.2. The summed E-state index contributed by atoms with van der Waals surface area (Å²) in [6.45, 7) is -0.233. The Labute approximate surface area is 210 Å². The molecule has 0 aromatic heterocycles. The van der Waals surface area contributed by atoms with E-state index in [0.717, 1.165) is 4.47 Å². The molecule has 0 aliphatic rings. The highest BCUT2D eigenvalue weighted by atomic mass is 79.9. The number of amides is 1. The summed E-state index contributed by atoms with van der Waals surface area (Å²) in [4.78, 5) is 24.8. The molecular formula is C25H23BrN2O7. The van der Waals surface area contributed by atoms with Gasteiger partial charge in [0, 0.05) is 10.0 Å². The van der Waals surface area contributed by atoms with E-state index in [1.165, 1.54) is 26.5 Å². The molecule has 0 spiro atoms. The van der Waals surface area contributed by atoms with Crippen molar-refractivity contribution in [2.45, 2.75) is 0 Å². The number of nitrogens with one attached hydrogen (secondary N) is 1. The normalized spacial score (nSPS) is 10.5. The molecular weight excluding hydrogens is 520 g/mol. The average Bonchev–Trinajstić information content (AvgIpc) is 2.88. The molecule has 3 aromatic carbocycles. The molecule has 0 fully saturated rings. The van der Waals surface area contributed by atoms with Crippen LogP contribution >= 0.6 is 15.9 Å². The van der Waals surface area contributed by atoms with Crippen LogP contribution in [0.15, 0.2) is 70.2 Å². The van der Waals surface area contributed by atoms with Crippen LogP contribution in [0.4, 0.5) is 0 Å². The summed E-state index contributed by atoms with van der Waals surface area (Å²) in [5, 5.41) is 3.94. The molecule has 182 valence electrons. The van der Waals surface area contributed by atoms with Gasteiger partial charge in [0.25, 0.3) is 5.91 Å². The van der Waals surface area contributed by atoms with Crippen molar-refractivity contribution in [2.75, 3.05) is 27.9 Å². The van der Waals surface area contributed by atoms with Crippen LogP contribution < -0.4 is 29.1 Å². The van der Waals surface area contributed by atoms with Crippen LogP contribution in [0.3, 0.4) is 0 Å². The van der Waals surface area contributed by atoms with Crippen LogP contribution in [0, 0.1) is 0 Å². The number of hydrazone groups is 1. The van der Waals surface area contributed by atoms with Crippen molar-refractivity contribution in [3.63, 3.8) is 0 Å². The maximum Gasteiger partial charge on any atom is 0.343 e. The van der Waals surface area contributed by atoms with E-state index in [9.17, 15) is 9.59 Å². The number of methoxy groups -OCH3 is 3. The maximum atomic E-state index is 12.7. The Hall–Kier alpha value is -4.05. The van der Waals surface area contributed by atoms with Gasteiger partial charge in [0.2, 0.25) is 0 Å². The number of nitrogens with zero attached hydrogens (tertiary/aromatic N) is 1. The van der Waals surface area contributed by atoms with Crippen molar-refractivity contribution >= 4 is 34.0 Å². The number of carbonyl (C=O) groups is 2. The van der Waals surface area contributed by atoms with Crippen LogP contribution in [0.2, 0.25) is 0 Å². The molecule has 3 aromatic rings. The van der Waals surface area contributed by atoms with Crippen LogP contribution in [0.25, 0.3) is 0 Å². The van der Waals surface area contributed by atoms with Gasteiger partial charge in [-0.15, -0.1) is 0 Å². The number of ether oxygens (including phenoxy) is 5. The minimum Gasteiger partial charge on any atom is -0.497 e. The molecule has 0 aliphatic heterocycles. The summed E-state index contributed by atoms with van der Waals surface area (Å²) in [5.74, 6) is 1.28. The van der Waals surface area contributed by atoms with E-state index in [1.807, 2.05) is 0 Å². The van der Waals surface area contributed by atoms with Gasteiger partial charge in [-0.1, -0.05) is 15.9 Å². The van der Waals surface area contributed by atoms with Gasteiger partial charge in [0.15, 0.2) is 18.1 Å². The van der Waals surface area contributed by atoms with E-state index in [1.54, 1.807) is 61.7 Å². The first-order valence-electron chi connectivity index (χ1n) is 10.3. The molecule has 0 saturated carbocycles. The van der Waals surface area contributed by atoms with Gasteiger partial charge < -0.3 is 23.7 Å². The predicted octanol–water partition coefficient (Wildman–Crippen LogP) is 4.22. The minimum atomic E-state index is -0.597. The number of benzene rings is 3. The Morgan fingerprint density at radius 3 is 2.23 bits per heavy atom. The van der Waals surface area contributed by atoms with Gasteiger partial charge in [-0.3, -0.25) is 4.79 Å². The van der Waals surface area contributed by atoms with Gasteiger partial charge in [-0.25, -0.2) is 10.2 Å². The standard InChI is InChI=1S/C25H23BrN2O7/c1-31-19-6-8-20(9-7-19)34-15-24(29)28-27-14-17-12-18(26)5-11-21(17)35-25(30)16-4-10-22(32-2)23(13-16)33-3/h4-14H,15H2,1-3H3,(H,28,29)/b27-14+. The minimum absolute atomic E-state index is 0.233. The second-order valence-corrected chi connectivity index (χ2v) is 7.81. The van der Waals surface area contributed by atoms with E-state index in [2.05, 4.69) is 26.5 Å².